The van der Waals surface area contributed by atoms with E-state index in [1.165, 1.54) is 9.75 Å². The van der Waals surface area contributed by atoms with E-state index in [1.807, 2.05) is 12.1 Å². The Kier molecular flexibility index (Phi) is 4.84. The van der Waals surface area contributed by atoms with Crippen LogP contribution in [0, 0.1) is 0 Å². The molecular weight excluding hydrogens is 357 g/mol. The van der Waals surface area contributed by atoms with Gasteiger partial charge < -0.3 is 5.32 Å². The number of halogens is 2. The van der Waals surface area contributed by atoms with Gasteiger partial charge in [-0.05, 0) is 35.7 Å². The van der Waals surface area contributed by atoms with E-state index in [0.717, 1.165) is 4.88 Å². The summed E-state index contributed by atoms with van der Waals surface area (Å²) < 4.78 is 0. The molecule has 2 heterocycles. The summed E-state index contributed by atoms with van der Waals surface area (Å²) in [5.41, 5.74) is 0.320. The molecule has 3 aromatic rings. The summed E-state index contributed by atoms with van der Waals surface area (Å²) in [5, 5.41) is 5.63. The first-order valence-corrected chi connectivity index (χ1v) is 8.95. The molecule has 3 rings (SSSR count). The molecule has 2 nitrogen and oxygen atoms in total. The number of nitrogens with one attached hydrogen (secondary N) is 1. The predicted octanol–water partition coefficient (Wildman–Crippen LogP) is 5.71. The van der Waals surface area contributed by atoms with Gasteiger partial charge >= 0.3 is 0 Å². The highest BCUT2D eigenvalue weighted by atomic mass is 35.5. The van der Waals surface area contributed by atoms with Crippen molar-refractivity contribution in [2.75, 3.05) is 0 Å². The van der Waals surface area contributed by atoms with Gasteiger partial charge in [0.05, 0.1) is 22.2 Å². The van der Waals surface area contributed by atoms with Crippen molar-refractivity contribution in [3.8, 4) is 9.75 Å². The molecule has 0 saturated carbocycles. The Labute approximate surface area is 146 Å². The van der Waals surface area contributed by atoms with Gasteiger partial charge in [0.15, 0.2) is 0 Å². The number of hydrogen-bond donors (Lipinski definition) is 1. The van der Waals surface area contributed by atoms with E-state index >= 15 is 0 Å². The van der Waals surface area contributed by atoms with Gasteiger partial charge in [-0.15, -0.1) is 22.7 Å². The second-order valence-corrected chi connectivity index (χ2v) is 7.45. The monoisotopic (exact) mass is 367 g/mol. The van der Waals surface area contributed by atoms with Crippen LogP contribution in [0.2, 0.25) is 10.0 Å². The lowest BCUT2D eigenvalue weighted by molar-refractivity contribution is 0.0951. The summed E-state index contributed by atoms with van der Waals surface area (Å²) in [6.45, 7) is 0.455. The Bertz CT molecular complexity index is 776. The van der Waals surface area contributed by atoms with Crippen LogP contribution in [-0.4, -0.2) is 5.91 Å². The Morgan fingerprint density at radius 3 is 2.45 bits per heavy atom. The summed E-state index contributed by atoms with van der Waals surface area (Å²) in [6, 6.07) is 13.2. The molecular formula is C16H11Cl2NOS2. The SMILES string of the molecule is O=C(NCc1ccc(-c2cccs2)s1)c1c(Cl)cccc1Cl. The molecule has 0 saturated heterocycles. The molecule has 0 spiro atoms. The van der Waals surface area contributed by atoms with Gasteiger partial charge in [0.1, 0.15) is 0 Å². The zero-order valence-corrected chi connectivity index (χ0v) is 14.5. The van der Waals surface area contributed by atoms with Crippen molar-refractivity contribution >= 4 is 51.8 Å². The lowest BCUT2D eigenvalue weighted by Crippen LogP contribution is -2.23. The van der Waals surface area contributed by atoms with Crippen molar-refractivity contribution in [2.45, 2.75) is 6.54 Å². The first-order chi connectivity index (χ1) is 10.6. The summed E-state index contributed by atoms with van der Waals surface area (Å²) in [4.78, 5) is 15.7. The molecule has 22 heavy (non-hydrogen) atoms. The van der Waals surface area contributed by atoms with Crippen molar-refractivity contribution in [2.24, 2.45) is 0 Å². The minimum atomic E-state index is -0.262. The molecule has 2 aromatic heterocycles. The van der Waals surface area contributed by atoms with Gasteiger partial charge in [-0.25, -0.2) is 0 Å². The maximum Gasteiger partial charge on any atom is 0.254 e. The van der Waals surface area contributed by atoms with Crippen molar-refractivity contribution in [1.29, 1.82) is 0 Å². The zero-order valence-electron chi connectivity index (χ0n) is 11.3. The molecule has 112 valence electrons. The van der Waals surface area contributed by atoms with Gasteiger partial charge in [-0.1, -0.05) is 35.3 Å². The van der Waals surface area contributed by atoms with E-state index in [1.54, 1.807) is 40.9 Å². The summed E-state index contributed by atoms with van der Waals surface area (Å²) in [7, 11) is 0. The van der Waals surface area contributed by atoms with Crippen LogP contribution in [0.4, 0.5) is 0 Å². The van der Waals surface area contributed by atoms with Crippen LogP contribution in [0.5, 0.6) is 0 Å². The largest absolute Gasteiger partial charge is 0.347 e. The molecule has 1 amide bonds. The smallest absolute Gasteiger partial charge is 0.254 e. The third kappa shape index (κ3) is 3.36. The third-order valence-electron chi connectivity index (χ3n) is 3.04. The van der Waals surface area contributed by atoms with E-state index in [9.17, 15) is 4.79 Å². The second kappa shape index (κ2) is 6.84. The fraction of sp³-hybridized carbons (Fsp3) is 0.0625. The first-order valence-electron chi connectivity index (χ1n) is 6.50. The van der Waals surface area contributed by atoms with E-state index in [0.29, 0.717) is 22.2 Å². The average Bonchev–Trinajstić information content (AvgIpc) is 3.16. The second-order valence-electron chi connectivity index (χ2n) is 4.52. The van der Waals surface area contributed by atoms with Crippen LogP contribution >= 0.6 is 45.9 Å². The van der Waals surface area contributed by atoms with E-state index in [2.05, 4.69) is 22.8 Å². The fourth-order valence-electron chi connectivity index (χ4n) is 1.99. The van der Waals surface area contributed by atoms with Gasteiger partial charge in [0.25, 0.3) is 5.91 Å². The molecule has 0 radical (unpaired) electrons. The number of carbonyl (C=O) groups excluding carboxylic acids is 1. The Balaban J connectivity index is 1.69. The number of hydrogen-bond acceptors (Lipinski definition) is 3. The Hall–Kier alpha value is -1.33. The molecule has 1 aromatic carbocycles. The summed E-state index contributed by atoms with van der Waals surface area (Å²) in [6.07, 6.45) is 0. The van der Waals surface area contributed by atoms with Crippen LogP contribution in [0.3, 0.4) is 0 Å². The molecule has 0 aliphatic carbocycles. The quantitative estimate of drug-likeness (QED) is 0.628. The summed E-state index contributed by atoms with van der Waals surface area (Å²) >= 11 is 15.4. The minimum absolute atomic E-state index is 0.262. The summed E-state index contributed by atoms with van der Waals surface area (Å²) in [5.74, 6) is -0.262. The lowest BCUT2D eigenvalue weighted by atomic mass is 10.2. The zero-order chi connectivity index (χ0) is 15.5. The van der Waals surface area contributed by atoms with Crippen LogP contribution in [0.25, 0.3) is 9.75 Å². The standard InChI is InChI=1S/C16H11Cl2NOS2/c17-11-3-1-4-12(18)15(11)16(20)19-9-10-6-7-14(22-10)13-5-2-8-21-13/h1-8H,9H2,(H,19,20). The highest BCUT2D eigenvalue weighted by Gasteiger charge is 2.14. The van der Waals surface area contributed by atoms with Gasteiger partial charge in [0.2, 0.25) is 0 Å². The van der Waals surface area contributed by atoms with Gasteiger partial charge in [-0.2, -0.15) is 0 Å². The fourth-order valence-corrected chi connectivity index (χ4v) is 4.35. The molecule has 0 aliphatic rings. The van der Waals surface area contributed by atoms with E-state index < -0.39 is 0 Å². The maximum absolute atomic E-state index is 12.2. The van der Waals surface area contributed by atoms with Crippen LogP contribution in [-0.2, 0) is 6.54 Å². The molecule has 0 bridgehead atoms. The molecule has 0 fully saturated rings. The van der Waals surface area contributed by atoms with Crippen LogP contribution in [0.1, 0.15) is 15.2 Å². The normalized spacial score (nSPS) is 10.6. The molecule has 0 aliphatic heterocycles. The number of benzene rings is 1. The number of rotatable bonds is 4. The van der Waals surface area contributed by atoms with Crippen molar-refractivity contribution in [3.05, 3.63) is 68.3 Å². The number of carbonyl (C=O) groups is 1. The van der Waals surface area contributed by atoms with Crippen LogP contribution in [0.15, 0.2) is 47.8 Å². The molecule has 1 N–H and O–H groups in total. The number of amides is 1. The maximum atomic E-state index is 12.2. The highest BCUT2D eigenvalue weighted by Crippen LogP contribution is 2.31. The van der Waals surface area contributed by atoms with E-state index in [-0.39, 0.29) is 5.91 Å². The first kappa shape index (κ1) is 15.6. The average molecular weight is 368 g/mol. The van der Waals surface area contributed by atoms with Crippen molar-refractivity contribution < 1.29 is 4.79 Å². The molecule has 0 unspecified atom stereocenters. The topological polar surface area (TPSA) is 29.1 Å². The van der Waals surface area contributed by atoms with Crippen LogP contribution < -0.4 is 5.32 Å². The number of thiophene rings is 2. The van der Waals surface area contributed by atoms with Crippen molar-refractivity contribution in [1.82, 2.24) is 5.32 Å². The lowest BCUT2D eigenvalue weighted by Gasteiger charge is -2.07. The van der Waals surface area contributed by atoms with E-state index in [4.69, 9.17) is 23.2 Å². The predicted molar refractivity (Wildman–Crippen MR) is 95.3 cm³/mol. The third-order valence-corrected chi connectivity index (χ3v) is 5.82. The highest BCUT2D eigenvalue weighted by molar-refractivity contribution is 7.21. The van der Waals surface area contributed by atoms with Gasteiger partial charge in [0, 0.05) is 14.6 Å². The Morgan fingerprint density at radius 1 is 1.00 bits per heavy atom. The van der Waals surface area contributed by atoms with Gasteiger partial charge in [-0.3, -0.25) is 4.79 Å². The van der Waals surface area contributed by atoms with Crippen molar-refractivity contribution in [3.63, 3.8) is 0 Å². The Morgan fingerprint density at radius 2 is 1.77 bits per heavy atom. The molecule has 6 heteroatoms. The minimum Gasteiger partial charge on any atom is -0.347 e. The molecule has 0 atom stereocenters.